The van der Waals surface area contributed by atoms with E-state index >= 15 is 0 Å². The number of nitrogens with zero attached hydrogens (tertiary/aromatic N) is 3. The molecule has 1 aliphatic rings. The smallest absolute Gasteiger partial charge is 0.273 e. The Morgan fingerprint density at radius 2 is 1.89 bits per heavy atom. The number of anilines is 2. The van der Waals surface area contributed by atoms with Crippen LogP contribution in [-0.4, -0.2) is 33.9 Å². The summed E-state index contributed by atoms with van der Waals surface area (Å²) >= 11 is 1.44. The van der Waals surface area contributed by atoms with E-state index in [9.17, 15) is 4.79 Å². The van der Waals surface area contributed by atoms with E-state index in [1.807, 2.05) is 35.4 Å². The minimum Gasteiger partial charge on any atom is -0.337 e. The second kappa shape index (κ2) is 8.52. The van der Waals surface area contributed by atoms with Crippen molar-refractivity contribution in [3.8, 4) is 0 Å². The van der Waals surface area contributed by atoms with Crippen molar-refractivity contribution in [1.82, 2.24) is 14.9 Å². The highest BCUT2D eigenvalue weighted by Gasteiger charge is 2.25. The van der Waals surface area contributed by atoms with Crippen LogP contribution < -0.4 is 5.32 Å². The van der Waals surface area contributed by atoms with E-state index in [2.05, 4.69) is 45.6 Å². The molecular formula is C22H24N4OS. The molecule has 2 aromatic heterocycles. The Kier molecular flexibility index (Phi) is 5.67. The first kappa shape index (κ1) is 18.6. The highest BCUT2D eigenvalue weighted by molar-refractivity contribution is 7.14. The summed E-state index contributed by atoms with van der Waals surface area (Å²) in [5.74, 6) is 1.42. The molecule has 1 amide bonds. The molecule has 6 heteroatoms. The van der Waals surface area contributed by atoms with Crippen molar-refractivity contribution in [2.24, 2.45) is 5.92 Å². The van der Waals surface area contributed by atoms with Gasteiger partial charge in [0.15, 0.2) is 5.13 Å². The van der Waals surface area contributed by atoms with Crippen molar-refractivity contribution in [2.45, 2.75) is 26.2 Å². The lowest BCUT2D eigenvalue weighted by Crippen LogP contribution is -2.39. The summed E-state index contributed by atoms with van der Waals surface area (Å²) in [6.45, 7) is 3.55. The number of aromatic nitrogens is 2. The fourth-order valence-electron chi connectivity index (χ4n) is 3.60. The highest BCUT2D eigenvalue weighted by atomic mass is 32.1. The SMILES string of the molecule is Cc1cccc(Nc2nc(C(=O)N3CCC(Cc4ccccc4)CC3)cs2)n1. The third-order valence-corrected chi connectivity index (χ3v) is 5.87. The molecule has 1 saturated heterocycles. The Morgan fingerprint density at radius 3 is 2.64 bits per heavy atom. The van der Waals surface area contributed by atoms with Gasteiger partial charge in [0.2, 0.25) is 0 Å². The van der Waals surface area contributed by atoms with Gasteiger partial charge in [-0.3, -0.25) is 4.79 Å². The van der Waals surface area contributed by atoms with E-state index in [0.717, 1.165) is 43.9 Å². The number of piperidine rings is 1. The highest BCUT2D eigenvalue weighted by Crippen LogP contribution is 2.25. The van der Waals surface area contributed by atoms with Crippen molar-refractivity contribution >= 4 is 28.2 Å². The van der Waals surface area contributed by atoms with Gasteiger partial charge in [0.1, 0.15) is 11.5 Å². The van der Waals surface area contributed by atoms with Crippen molar-refractivity contribution < 1.29 is 4.79 Å². The van der Waals surface area contributed by atoms with Crippen LogP contribution in [0.15, 0.2) is 53.9 Å². The molecule has 0 bridgehead atoms. The fraction of sp³-hybridized carbons (Fsp3) is 0.318. The first-order valence-electron chi connectivity index (χ1n) is 9.67. The van der Waals surface area contributed by atoms with Gasteiger partial charge in [-0.25, -0.2) is 9.97 Å². The molecule has 28 heavy (non-hydrogen) atoms. The largest absolute Gasteiger partial charge is 0.337 e. The fourth-order valence-corrected chi connectivity index (χ4v) is 4.29. The molecule has 0 spiro atoms. The van der Waals surface area contributed by atoms with Crippen LogP contribution in [-0.2, 0) is 6.42 Å². The number of thiazole rings is 1. The van der Waals surface area contributed by atoms with Gasteiger partial charge in [0, 0.05) is 24.2 Å². The average molecular weight is 393 g/mol. The van der Waals surface area contributed by atoms with Crippen LogP contribution in [0.5, 0.6) is 0 Å². The number of benzene rings is 1. The molecule has 0 unspecified atom stereocenters. The number of rotatable bonds is 5. The van der Waals surface area contributed by atoms with E-state index < -0.39 is 0 Å². The molecule has 3 heterocycles. The van der Waals surface area contributed by atoms with Crippen LogP contribution >= 0.6 is 11.3 Å². The summed E-state index contributed by atoms with van der Waals surface area (Å²) in [7, 11) is 0. The quantitative estimate of drug-likeness (QED) is 0.685. The minimum absolute atomic E-state index is 0.0275. The van der Waals surface area contributed by atoms with E-state index in [1.54, 1.807) is 0 Å². The zero-order valence-electron chi connectivity index (χ0n) is 16.0. The summed E-state index contributed by atoms with van der Waals surface area (Å²) in [5.41, 5.74) is 2.84. The van der Waals surface area contributed by atoms with Gasteiger partial charge in [-0.05, 0) is 49.8 Å². The molecule has 1 fully saturated rings. The Labute approximate surface area is 169 Å². The number of carbonyl (C=O) groups excluding carboxylic acids is 1. The minimum atomic E-state index is 0.0275. The zero-order chi connectivity index (χ0) is 19.3. The van der Waals surface area contributed by atoms with E-state index in [4.69, 9.17) is 0 Å². The molecular weight excluding hydrogens is 368 g/mol. The summed E-state index contributed by atoms with van der Waals surface area (Å²) in [6.07, 6.45) is 3.18. The van der Waals surface area contributed by atoms with Gasteiger partial charge in [-0.2, -0.15) is 0 Å². The zero-order valence-corrected chi connectivity index (χ0v) is 16.8. The van der Waals surface area contributed by atoms with Crippen molar-refractivity contribution in [1.29, 1.82) is 0 Å². The van der Waals surface area contributed by atoms with E-state index in [0.29, 0.717) is 16.7 Å². The first-order valence-corrected chi connectivity index (χ1v) is 10.5. The third-order valence-electron chi connectivity index (χ3n) is 5.12. The normalized spacial score (nSPS) is 14.8. The number of nitrogens with one attached hydrogen (secondary N) is 1. The number of hydrogen-bond acceptors (Lipinski definition) is 5. The topological polar surface area (TPSA) is 58.1 Å². The molecule has 3 aromatic rings. The molecule has 5 nitrogen and oxygen atoms in total. The molecule has 0 saturated carbocycles. The van der Waals surface area contributed by atoms with Gasteiger partial charge in [0.25, 0.3) is 5.91 Å². The van der Waals surface area contributed by atoms with Crippen molar-refractivity contribution in [3.05, 3.63) is 70.9 Å². The Morgan fingerprint density at radius 1 is 1.11 bits per heavy atom. The summed E-state index contributed by atoms with van der Waals surface area (Å²) in [4.78, 5) is 23.6. The predicted molar refractivity (Wildman–Crippen MR) is 113 cm³/mol. The molecule has 4 rings (SSSR count). The average Bonchev–Trinajstić information content (AvgIpc) is 3.17. The third kappa shape index (κ3) is 4.57. The van der Waals surface area contributed by atoms with Crippen LogP contribution in [0.3, 0.4) is 0 Å². The maximum absolute atomic E-state index is 12.8. The number of carbonyl (C=O) groups is 1. The second-order valence-electron chi connectivity index (χ2n) is 7.25. The summed E-state index contributed by atoms with van der Waals surface area (Å²) < 4.78 is 0. The molecule has 1 N–H and O–H groups in total. The molecule has 1 aliphatic heterocycles. The lowest BCUT2D eigenvalue weighted by Gasteiger charge is -2.31. The lowest BCUT2D eigenvalue weighted by atomic mass is 9.90. The molecule has 144 valence electrons. The second-order valence-corrected chi connectivity index (χ2v) is 8.11. The van der Waals surface area contributed by atoms with Crippen LogP contribution in [0.1, 0.15) is 34.6 Å². The Hall–Kier alpha value is -2.73. The van der Waals surface area contributed by atoms with Gasteiger partial charge in [-0.1, -0.05) is 36.4 Å². The Balaban J connectivity index is 1.32. The number of pyridine rings is 1. The van der Waals surface area contributed by atoms with Gasteiger partial charge in [-0.15, -0.1) is 11.3 Å². The van der Waals surface area contributed by atoms with Crippen molar-refractivity contribution in [2.75, 3.05) is 18.4 Å². The monoisotopic (exact) mass is 392 g/mol. The number of likely N-dealkylation sites (tertiary alicyclic amines) is 1. The van der Waals surface area contributed by atoms with Crippen LogP contribution in [0, 0.1) is 12.8 Å². The molecule has 0 aliphatic carbocycles. The van der Waals surface area contributed by atoms with Crippen LogP contribution in [0.4, 0.5) is 10.9 Å². The number of aryl methyl sites for hydroxylation is 1. The van der Waals surface area contributed by atoms with E-state index in [1.165, 1.54) is 16.9 Å². The van der Waals surface area contributed by atoms with Crippen LogP contribution in [0.2, 0.25) is 0 Å². The maximum atomic E-state index is 12.8. The lowest BCUT2D eigenvalue weighted by molar-refractivity contribution is 0.0685. The number of amides is 1. The summed E-state index contributed by atoms with van der Waals surface area (Å²) in [5, 5.41) is 5.71. The standard InChI is InChI=1S/C22H24N4OS/c1-16-6-5-9-20(23-16)25-22-24-19(15-28-22)21(27)26-12-10-18(11-13-26)14-17-7-3-2-4-8-17/h2-9,15,18H,10-14H2,1H3,(H,23,24,25). The van der Waals surface area contributed by atoms with Gasteiger partial charge >= 0.3 is 0 Å². The Bertz CT molecular complexity index is 932. The van der Waals surface area contributed by atoms with Crippen molar-refractivity contribution in [3.63, 3.8) is 0 Å². The van der Waals surface area contributed by atoms with Gasteiger partial charge < -0.3 is 10.2 Å². The first-order chi connectivity index (χ1) is 13.7. The molecule has 1 aromatic carbocycles. The molecule has 0 radical (unpaired) electrons. The van der Waals surface area contributed by atoms with Gasteiger partial charge in [0.05, 0.1) is 0 Å². The molecule has 0 atom stereocenters. The predicted octanol–water partition coefficient (Wildman–Crippen LogP) is 4.69. The summed E-state index contributed by atoms with van der Waals surface area (Å²) in [6, 6.07) is 16.4. The number of hydrogen-bond donors (Lipinski definition) is 1. The maximum Gasteiger partial charge on any atom is 0.273 e. The van der Waals surface area contributed by atoms with E-state index in [-0.39, 0.29) is 5.91 Å². The van der Waals surface area contributed by atoms with Crippen LogP contribution in [0.25, 0.3) is 0 Å².